The second kappa shape index (κ2) is 14.3. The Kier molecular flexibility index (Phi) is 10.2. The summed E-state index contributed by atoms with van der Waals surface area (Å²) in [7, 11) is 3.31. The number of carbonyl (C=O) groups is 5. The molecule has 6 rings (SSSR count). The number of nitrogens with zero attached hydrogens (tertiary/aromatic N) is 4. The van der Waals surface area contributed by atoms with Gasteiger partial charge in [-0.05, 0) is 51.8 Å². The molecule has 0 aliphatic carbocycles. The van der Waals surface area contributed by atoms with Gasteiger partial charge < -0.3 is 29.0 Å². The number of rotatable bonds is 7. The van der Waals surface area contributed by atoms with Crippen LogP contribution in [0.1, 0.15) is 73.2 Å². The van der Waals surface area contributed by atoms with Gasteiger partial charge in [0.25, 0.3) is 0 Å². The lowest BCUT2D eigenvalue weighted by Gasteiger charge is -2.60. The second-order valence-electron chi connectivity index (χ2n) is 14.0. The molecule has 4 aliphatic rings. The summed E-state index contributed by atoms with van der Waals surface area (Å²) in [5, 5.41) is 13.6. The van der Waals surface area contributed by atoms with Gasteiger partial charge in [0.05, 0.1) is 25.3 Å². The van der Waals surface area contributed by atoms with E-state index >= 15 is 0 Å². The van der Waals surface area contributed by atoms with Crippen molar-refractivity contribution < 1.29 is 60.8 Å². The van der Waals surface area contributed by atoms with Gasteiger partial charge in [-0.3, -0.25) is 38.7 Å². The van der Waals surface area contributed by atoms with E-state index in [2.05, 4.69) is 11.4 Å². The van der Waals surface area contributed by atoms with Crippen molar-refractivity contribution in [1.29, 1.82) is 5.26 Å². The van der Waals surface area contributed by atoms with E-state index in [-0.39, 0.29) is 47.7 Å². The SMILES string of the molecule is COc1c(C)cc2c(c1OC(C)=O)[C@@H]1C3Cc4c(OC(C)=O)c(C)c5c(c4[C@H](CNC(=O)[C@@H](C)N(C(C)=O)C(=O)C(F)(F)F)N3[C@@H](C#N)[C@H](C2)N1C)OCO5. The van der Waals surface area contributed by atoms with Crippen molar-refractivity contribution in [3.63, 3.8) is 0 Å². The number of carbonyl (C=O) groups excluding carboxylic acids is 5. The Morgan fingerprint density at radius 2 is 1.64 bits per heavy atom. The molecule has 1 fully saturated rings. The van der Waals surface area contributed by atoms with Crippen LogP contribution in [0.25, 0.3) is 0 Å². The molecule has 55 heavy (non-hydrogen) atoms. The molecule has 3 amide bonds. The number of nitriles is 1. The molecule has 4 heterocycles. The van der Waals surface area contributed by atoms with Crippen molar-refractivity contribution in [2.24, 2.45) is 0 Å². The smallest absolute Gasteiger partial charge is 0.471 e. The molecule has 6 atom stereocenters. The predicted octanol–water partition coefficient (Wildman–Crippen LogP) is 3.10. The molecular formula is C37H40F3N5O10. The Morgan fingerprint density at radius 3 is 2.22 bits per heavy atom. The fourth-order valence-electron chi connectivity index (χ4n) is 8.72. The maximum Gasteiger partial charge on any atom is 0.471 e. The number of ether oxygens (including phenoxy) is 5. The van der Waals surface area contributed by atoms with Gasteiger partial charge in [-0.2, -0.15) is 18.4 Å². The molecule has 0 radical (unpaired) electrons. The van der Waals surface area contributed by atoms with Crippen LogP contribution in [0.4, 0.5) is 13.2 Å². The Bertz CT molecular complexity index is 2050. The quantitative estimate of drug-likeness (QED) is 0.321. The minimum Gasteiger partial charge on any atom is -0.493 e. The highest BCUT2D eigenvalue weighted by Gasteiger charge is 2.57. The summed E-state index contributed by atoms with van der Waals surface area (Å²) in [4.78, 5) is 67.0. The Morgan fingerprint density at radius 1 is 1.00 bits per heavy atom. The molecule has 1 unspecified atom stereocenters. The summed E-state index contributed by atoms with van der Waals surface area (Å²) in [6.07, 6.45) is -4.95. The van der Waals surface area contributed by atoms with E-state index in [0.717, 1.165) is 19.4 Å². The van der Waals surface area contributed by atoms with E-state index in [4.69, 9.17) is 23.7 Å². The summed E-state index contributed by atoms with van der Waals surface area (Å²) in [6, 6.07) is -1.06. The van der Waals surface area contributed by atoms with Crippen LogP contribution >= 0.6 is 0 Å². The number of alkyl halides is 3. The number of likely N-dealkylation sites (N-methyl/N-ethyl adjacent to an activating group) is 1. The fraction of sp³-hybridized carbons (Fsp3) is 0.514. The van der Waals surface area contributed by atoms with Gasteiger partial charge in [0.2, 0.25) is 18.6 Å². The van der Waals surface area contributed by atoms with E-state index in [1.807, 2.05) is 29.8 Å². The molecule has 2 aromatic carbocycles. The van der Waals surface area contributed by atoms with E-state index in [1.54, 1.807) is 6.92 Å². The summed E-state index contributed by atoms with van der Waals surface area (Å²) >= 11 is 0. The molecule has 0 aromatic heterocycles. The van der Waals surface area contributed by atoms with Crippen molar-refractivity contribution in [2.45, 2.75) is 96.8 Å². The third-order valence-electron chi connectivity index (χ3n) is 10.8. The highest BCUT2D eigenvalue weighted by Crippen LogP contribution is 2.58. The first-order valence-corrected chi connectivity index (χ1v) is 17.4. The number of hydrogen-bond acceptors (Lipinski definition) is 13. The zero-order valence-electron chi connectivity index (χ0n) is 31.4. The van der Waals surface area contributed by atoms with Crippen molar-refractivity contribution in [3.05, 3.63) is 39.4 Å². The van der Waals surface area contributed by atoms with Gasteiger partial charge in [0.15, 0.2) is 23.0 Å². The largest absolute Gasteiger partial charge is 0.493 e. The highest BCUT2D eigenvalue weighted by molar-refractivity contribution is 6.01. The summed E-state index contributed by atoms with van der Waals surface area (Å²) in [5.74, 6) is -4.84. The zero-order valence-corrected chi connectivity index (χ0v) is 31.4. The number of esters is 2. The van der Waals surface area contributed by atoms with Gasteiger partial charge in [-0.15, -0.1) is 0 Å². The van der Waals surface area contributed by atoms with E-state index in [1.165, 1.54) is 21.0 Å². The number of fused-ring (bicyclic) bond motifs is 9. The molecule has 2 aromatic rings. The summed E-state index contributed by atoms with van der Waals surface area (Å²) < 4.78 is 69.7. The number of imide groups is 1. The highest BCUT2D eigenvalue weighted by atomic mass is 19.4. The van der Waals surface area contributed by atoms with Gasteiger partial charge >= 0.3 is 24.0 Å². The van der Waals surface area contributed by atoms with Crippen LogP contribution in [0.2, 0.25) is 0 Å². The first kappa shape index (κ1) is 39.3. The maximum atomic E-state index is 13.6. The Balaban J connectivity index is 1.55. The van der Waals surface area contributed by atoms with Gasteiger partial charge in [0.1, 0.15) is 17.8 Å². The number of benzene rings is 2. The van der Waals surface area contributed by atoms with Crippen molar-refractivity contribution >= 4 is 29.7 Å². The number of hydrogen-bond donors (Lipinski definition) is 1. The normalized spacial score (nSPS) is 22.9. The molecule has 294 valence electrons. The first-order chi connectivity index (χ1) is 25.8. The third kappa shape index (κ3) is 6.48. The van der Waals surface area contributed by atoms with Crippen LogP contribution in [0.3, 0.4) is 0 Å². The standard InChI is InChI=1S/C37H40F3N5O10/c1-15-9-21-10-23-25(12-41)45-24(29(43(23)7)27(21)34(30(15)51-8)55-20(6)48)11-22-28(33-32(52-14-53-33)16(2)31(22)54-19(5)47)26(45)13-42-35(49)17(3)44(18(4)46)36(50)37(38,39)40/h9,17,23-26,29H,10-11,13-14H2,1-8H3,(H,42,49)/t17-,23+,24?,25+,26+,29+/m1/s1. The molecule has 2 bridgehead atoms. The molecule has 0 saturated carbocycles. The van der Waals surface area contributed by atoms with Crippen LogP contribution in [0.5, 0.6) is 28.7 Å². The number of amides is 3. The lowest BCUT2D eigenvalue weighted by molar-refractivity contribution is -0.190. The summed E-state index contributed by atoms with van der Waals surface area (Å²) in [5.41, 5.74) is 3.53. The number of piperazine rings is 1. The van der Waals surface area contributed by atoms with Crippen LogP contribution in [0, 0.1) is 25.2 Å². The zero-order chi connectivity index (χ0) is 40.4. The van der Waals surface area contributed by atoms with Crippen LogP contribution in [-0.2, 0) is 36.8 Å². The van der Waals surface area contributed by atoms with E-state index in [9.17, 15) is 42.4 Å². The second-order valence-corrected chi connectivity index (χ2v) is 14.0. The lowest BCUT2D eigenvalue weighted by Crippen LogP contribution is -2.69. The minimum atomic E-state index is -5.43. The van der Waals surface area contributed by atoms with Gasteiger partial charge in [0, 0.05) is 61.7 Å². The van der Waals surface area contributed by atoms with E-state index in [0.29, 0.717) is 40.0 Å². The molecule has 0 spiro atoms. The van der Waals surface area contributed by atoms with Crippen LogP contribution in [-0.4, -0.2) is 102 Å². The first-order valence-electron chi connectivity index (χ1n) is 17.4. The number of methoxy groups -OCH3 is 1. The fourth-order valence-corrected chi connectivity index (χ4v) is 8.72. The van der Waals surface area contributed by atoms with Gasteiger partial charge in [-0.1, -0.05) is 6.07 Å². The third-order valence-corrected chi connectivity index (χ3v) is 10.8. The molecular weight excluding hydrogens is 731 g/mol. The van der Waals surface area contributed by atoms with Crippen molar-refractivity contribution in [3.8, 4) is 34.8 Å². The van der Waals surface area contributed by atoms with Gasteiger partial charge in [-0.25, -0.2) is 0 Å². The van der Waals surface area contributed by atoms with Crippen LogP contribution < -0.4 is 29.0 Å². The molecule has 18 heteroatoms. The average Bonchev–Trinajstić information content (AvgIpc) is 3.58. The topological polar surface area (TPSA) is 177 Å². The van der Waals surface area contributed by atoms with E-state index < -0.39 is 72.1 Å². The van der Waals surface area contributed by atoms with Crippen LogP contribution in [0.15, 0.2) is 6.07 Å². The Labute approximate surface area is 314 Å². The Hall–Kier alpha value is -5.41. The van der Waals surface area contributed by atoms with Crippen molar-refractivity contribution in [1.82, 2.24) is 20.0 Å². The molecule has 1 saturated heterocycles. The minimum absolute atomic E-state index is 0.142. The monoisotopic (exact) mass is 771 g/mol. The summed E-state index contributed by atoms with van der Waals surface area (Å²) in [6.45, 7) is 7.18. The van der Waals surface area contributed by atoms with Crippen molar-refractivity contribution in [2.75, 3.05) is 27.5 Å². The number of aryl methyl sites for hydroxylation is 1. The number of halogens is 3. The molecule has 4 aliphatic heterocycles. The molecule has 1 N–H and O–H groups in total. The number of nitrogens with one attached hydrogen (secondary N) is 1. The molecule has 15 nitrogen and oxygen atoms in total. The maximum absolute atomic E-state index is 13.6. The average molecular weight is 772 g/mol. The predicted molar refractivity (Wildman–Crippen MR) is 183 cm³/mol. The lowest BCUT2D eigenvalue weighted by atomic mass is 9.71.